The van der Waals surface area contributed by atoms with Crippen LogP contribution in [0, 0.1) is 6.92 Å². The van der Waals surface area contributed by atoms with E-state index in [0.717, 1.165) is 22.9 Å². The second-order valence-electron chi connectivity index (χ2n) is 6.85. The lowest BCUT2D eigenvalue weighted by molar-refractivity contribution is -0.135. The molecule has 1 aliphatic heterocycles. The highest BCUT2D eigenvalue weighted by Gasteiger charge is 2.35. The molecule has 2 heterocycles. The Balaban J connectivity index is 2.39. The van der Waals surface area contributed by atoms with Gasteiger partial charge in [0.05, 0.1) is 18.2 Å². The molecule has 0 bridgehead atoms. The number of hydrogen-bond donors (Lipinski definition) is 0. The Hall–Kier alpha value is -2.10. The number of carbonyl (C=O) groups is 2. The Kier molecular flexibility index (Phi) is 3.17. The Morgan fingerprint density at radius 1 is 1.32 bits per heavy atom. The van der Waals surface area contributed by atoms with E-state index in [1.165, 1.54) is 12.7 Å². The third-order valence-corrected chi connectivity index (χ3v) is 4.79. The first-order chi connectivity index (χ1) is 10.3. The third-order valence-electron chi connectivity index (χ3n) is 4.79. The van der Waals surface area contributed by atoms with E-state index < -0.39 is 11.8 Å². The molecule has 0 fully saturated rings. The number of aryl methyl sites for hydroxylation is 1. The number of ether oxygens (including phenoxy) is 1. The molecule has 4 nitrogen and oxygen atoms in total. The number of carbonyl (C=O) groups excluding carboxylic acids is 2. The van der Waals surface area contributed by atoms with Gasteiger partial charge in [-0.1, -0.05) is 19.1 Å². The fraction of sp³-hybridized carbons (Fsp3) is 0.444. The van der Waals surface area contributed by atoms with Gasteiger partial charge in [0, 0.05) is 17.1 Å². The largest absolute Gasteiger partial charge is 0.463 e. The third kappa shape index (κ3) is 1.90. The summed E-state index contributed by atoms with van der Waals surface area (Å²) < 4.78 is 6.77. The van der Waals surface area contributed by atoms with Crippen LogP contribution in [0.3, 0.4) is 0 Å². The number of Topliss-reactive ketones (excluding diaryl/α,β-unsaturated/α-hetero) is 1. The van der Waals surface area contributed by atoms with E-state index in [9.17, 15) is 9.59 Å². The van der Waals surface area contributed by atoms with Crippen LogP contribution in [0.25, 0.3) is 10.9 Å². The normalized spacial score (nSPS) is 19.2. The molecule has 0 spiro atoms. The van der Waals surface area contributed by atoms with E-state index in [1.54, 1.807) is 0 Å². The number of rotatable bonds is 2. The summed E-state index contributed by atoms with van der Waals surface area (Å²) in [6.07, 6.45) is 2.82. The first-order valence-electron chi connectivity index (χ1n) is 7.55. The van der Waals surface area contributed by atoms with Gasteiger partial charge < -0.3 is 9.30 Å². The van der Waals surface area contributed by atoms with Gasteiger partial charge in [0.15, 0.2) is 0 Å². The van der Waals surface area contributed by atoms with Crippen LogP contribution in [0.1, 0.15) is 54.6 Å². The SMILES string of the molecule is COC(=O)C(=O)c1cn2c3c(ccc(C)c13)C(C)CC2(C)C. The van der Waals surface area contributed by atoms with Crippen molar-refractivity contribution in [3.05, 3.63) is 35.0 Å². The predicted octanol–water partition coefficient (Wildman–Crippen LogP) is 3.55. The highest BCUT2D eigenvalue weighted by atomic mass is 16.5. The standard InChI is InChI=1S/C18H21NO3/c1-10-6-7-12-11(2)8-18(3,4)19-9-13(14(10)15(12)19)16(20)17(21)22-5/h6-7,9,11H,8H2,1-5H3. The van der Waals surface area contributed by atoms with Crippen LogP contribution >= 0.6 is 0 Å². The maximum atomic E-state index is 12.4. The molecule has 4 heteroatoms. The second kappa shape index (κ2) is 4.70. The zero-order valence-electron chi connectivity index (χ0n) is 13.7. The Labute approximate surface area is 130 Å². The number of aromatic nitrogens is 1. The van der Waals surface area contributed by atoms with Crippen LogP contribution in [0.5, 0.6) is 0 Å². The van der Waals surface area contributed by atoms with E-state index >= 15 is 0 Å². The summed E-state index contributed by atoms with van der Waals surface area (Å²) in [5, 5.41) is 0.882. The Bertz CT molecular complexity index is 798. The van der Waals surface area contributed by atoms with Gasteiger partial charge in [0.25, 0.3) is 5.78 Å². The molecule has 116 valence electrons. The monoisotopic (exact) mass is 299 g/mol. The van der Waals surface area contributed by atoms with Crippen LogP contribution in [-0.2, 0) is 15.1 Å². The second-order valence-corrected chi connectivity index (χ2v) is 6.85. The average Bonchev–Trinajstić information content (AvgIpc) is 2.86. The van der Waals surface area contributed by atoms with Crippen LogP contribution in [0.15, 0.2) is 18.3 Å². The quantitative estimate of drug-likeness (QED) is 0.484. The molecule has 1 unspecified atom stereocenters. The van der Waals surface area contributed by atoms with Crippen molar-refractivity contribution in [2.75, 3.05) is 7.11 Å². The van der Waals surface area contributed by atoms with Gasteiger partial charge in [0.2, 0.25) is 0 Å². The van der Waals surface area contributed by atoms with Gasteiger partial charge in [-0.2, -0.15) is 0 Å². The summed E-state index contributed by atoms with van der Waals surface area (Å²) in [5.41, 5.74) is 3.69. The van der Waals surface area contributed by atoms with Crippen molar-refractivity contribution >= 4 is 22.7 Å². The molecule has 1 aliphatic rings. The highest BCUT2D eigenvalue weighted by molar-refractivity contribution is 6.43. The molecule has 0 amide bonds. The summed E-state index contributed by atoms with van der Waals surface area (Å²) in [4.78, 5) is 24.1. The zero-order valence-corrected chi connectivity index (χ0v) is 13.7. The molecule has 22 heavy (non-hydrogen) atoms. The van der Waals surface area contributed by atoms with E-state index in [4.69, 9.17) is 0 Å². The predicted molar refractivity (Wildman–Crippen MR) is 85.4 cm³/mol. The molecule has 0 saturated carbocycles. The van der Waals surface area contributed by atoms with Crippen LogP contribution < -0.4 is 0 Å². The summed E-state index contributed by atoms with van der Waals surface area (Å²) in [7, 11) is 1.24. The Morgan fingerprint density at radius 2 is 2.00 bits per heavy atom. The zero-order chi connectivity index (χ0) is 16.2. The van der Waals surface area contributed by atoms with Crippen LogP contribution in [-0.4, -0.2) is 23.4 Å². The molecular weight excluding hydrogens is 278 g/mol. The summed E-state index contributed by atoms with van der Waals surface area (Å²) in [6.45, 7) is 8.52. The van der Waals surface area contributed by atoms with E-state index in [2.05, 4.69) is 36.1 Å². The maximum Gasteiger partial charge on any atom is 0.379 e. The average molecular weight is 299 g/mol. The molecule has 0 aliphatic carbocycles. The fourth-order valence-electron chi connectivity index (χ4n) is 3.77. The van der Waals surface area contributed by atoms with Crippen molar-refractivity contribution in [3.63, 3.8) is 0 Å². The minimum absolute atomic E-state index is 0.0902. The number of hydrogen-bond acceptors (Lipinski definition) is 3. The number of benzene rings is 1. The molecule has 1 aromatic heterocycles. The smallest absolute Gasteiger partial charge is 0.379 e. The minimum atomic E-state index is -0.811. The van der Waals surface area contributed by atoms with Crippen molar-refractivity contribution in [1.82, 2.24) is 4.57 Å². The first-order valence-corrected chi connectivity index (χ1v) is 7.55. The molecule has 1 atom stereocenters. The summed E-state index contributed by atoms with van der Waals surface area (Å²) in [5.74, 6) is -0.965. The summed E-state index contributed by atoms with van der Waals surface area (Å²) in [6, 6.07) is 4.17. The molecule has 0 saturated heterocycles. The lowest BCUT2D eigenvalue weighted by Crippen LogP contribution is -2.31. The number of esters is 1. The van der Waals surface area contributed by atoms with Crippen LogP contribution in [0.2, 0.25) is 0 Å². The molecule has 0 radical (unpaired) electrons. The molecule has 3 rings (SSSR count). The van der Waals surface area contributed by atoms with Crippen molar-refractivity contribution in [2.45, 2.75) is 45.6 Å². The highest BCUT2D eigenvalue weighted by Crippen LogP contribution is 2.44. The lowest BCUT2D eigenvalue weighted by Gasteiger charge is -2.36. The van der Waals surface area contributed by atoms with Gasteiger partial charge in [-0.15, -0.1) is 0 Å². The van der Waals surface area contributed by atoms with Gasteiger partial charge in [-0.05, 0) is 44.2 Å². The molecular formula is C18H21NO3. The summed E-state index contributed by atoms with van der Waals surface area (Å²) >= 11 is 0. The van der Waals surface area contributed by atoms with Crippen molar-refractivity contribution < 1.29 is 14.3 Å². The van der Waals surface area contributed by atoms with E-state index in [0.29, 0.717) is 11.5 Å². The number of methoxy groups -OCH3 is 1. The van der Waals surface area contributed by atoms with Gasteiger partial charge in [-0.3, -0.25) is 4.79 Å². The van der Waals surface area contributed by atoms with E-state index in [1.807, 2.05) is 19.2 Å². The van der Waals surface area contributed by atoms with Gasteiger partial charge in [-0.25, -0.2) is 4.79 Å². The molecule has 2 aromatic rings. The number of ketones is 1. The van der Waals surface area contributed by atoms with Gasteiger partial charge in [0.1, 0.15) is 0 Å². The van der Waals surface area contributed by atoms with Gasteiger partial charge >= 0.3 is 5.97 Å². The van der Waals surface area contributed by atoms with Crippen molar-refractivity contribution in [1.29, 1.82) is 0 Å². The maximum absolute atomic E-state index is 12.4. The fourth-order valence-corrected chi connectivity index (χ4v) is 3.77. The lowest BCUT2D eigenvalue weighted by atomic mass is 9.82. The minimum Gasteiger partial charge on any atom is -0.463 e. The first kappa shape index (κ1) is 14.8. The Morgan fingerprint density at radius 3 is 2.64 bits per heavy atom. The molecule has 0 N–H and O–H groups in total. The molecule has 1 aromatic carbocycles. The van der Waals surface area contributed by atoms with Crippen LogP contribution in [0.4, 0.5) is 0 Å². The van der Waals surface area contributed by atoms with Crippen molar-refractivity contribution in [3.8, 4) is 0 Å². The van der Waals surface area contributed by atoms with E-state index in [-0.39, 0.29) is 5.54 Å². The number of nitrogens with zero attached hydrogens (tertiary/aromatic N) is 1. The van der Waals surface area contributed by atoms with Crippen molar-refractivity contribution in [2.24, 2.45) is 0 Å². The topological polar surface area (TPSA) is 48.3 Å².